The van der Waals surface area contributed by atoms with E-state index in [-0.39, 0.29) is 5.75 Å². The molecule has 0 saturated heterocycles. The van der Waals surface area contributed by atoms with Gasteiger partial charge in [-0.3, -0.25) is 0 Å². The fraction of sp³-hybridized carbons (Fsp3) is 0.158. The van der Waals surface area contributed by atoms with Gasteiger partial charge in [0.1, 0.15) is 5.75 Å². The van der Waals surface area contributed by atoms with Crippen molar-refractivity contribution in [3.8, 4) is 5.75 Å². The summed E-state index contributed by atoms with van der Waals surface area (Å²) >= 11 is 0. The fourth-order valence-electron chi connectivity index (χ4n) is 2.68. The lowest BCUT2D eigenvalue weighted by Gasteiger charge is -2.17. The molecule has 3 nitrogen and oxygen atoms in total. The van der Waals surface area contributed by atoms with Crippen LogP contribution < -0.4 is 4.74 Å². The Morgan fingerprint density at radius 3 is 2.35 bits per heavy atom. The summed E-state index contributed by atoms with van der Waals surface area (Å²) in [5.74, 6) is 0.849. The lowest BCUT2D eigenvalue weighted by Crippen LogP contribution is -2.10. The maximum atomic E-state index is 12.0. The lowest BCUT2D eigenvalue weighted by molar-refractivity contribution is 0.414. The average Bonchev–Trinajstić information content (AvgIpc) is 2.56. The maximum Gasteiger partial charge on any atom is 0.175 e. The third kappa shape index (κ3) is 3.71. The van der Waals surface area contributed by atoms with Crippen LogP contribution in [0.15, 0.2) is 71.7 Å². The molecule has 1 aliphatic heterocycles. The highest BCUT2D eigenvalue weighted by Crippen LogP contribution is 2.30. The molecule has 0 saturated carbocycles. The summed E-state index contributed by atoms with van der Waals surface area (Å²) in [5, 5.41) is 1.42. The number of methoxy groups -OCH3 is 1. The van der Waals surface area contributed by atoms with Gasteiger partial charge in [0.25, 0.3) is 0 Å². The predicted molar refractivity (Wildman–Crippen MR) is 93.0 cm³/mol. The quantitative estimate of drug-likeness (QED) is 0.861. The van der Waals surface area contributed by atoms with Crippen molar-refractivity contribution in [1.82, 2.24) is 0 Å². The van der Waals surface area contributed by atoms with Crippen molar-refractivity contribution in [2.24, 2.45) is 0 Å². The number of sulfone groups is 1. The zero-order chi connectivity index (χ0) is 16.3. The molecule has 2 aromatic rings. The standard InChI is InChI=1S/C19H18O3S/c1-22-18-9-7-15(8-10-18)13-17-14-23(20,21)12-11-19(17)16-5-3-2-4-6-16/h2-11,14H,12-13H2,1H3. The zero-order valence-corrected chi connectivity index (χ0v) is 13.7. The lowest BCUT2D eigenvalue weighted by atomic mass is 9.93. The molecule has 3 rings (SSSR count). The van der Waals surface area contributed by atoms with Crippen LogP contribution in [0.4, 0.5) is 0 Å². The van der Waals surface area contributed by atoms with Gasteiger partial charge < -0.3 is 4.74 Å². The third-order valence-corrected chi connectivity index (χ3v) is 5.10. The molecule has 118 valence electrons. The van der Waals surface area contributed by atoms with Crippen molar-refractivity contribution in [1.29, 1.82) is 0 Å². The Morgan fingerprint density at radius 2 is 1.70 bits per heavy atom. The number of hydrogen-bond donors (Lipinski definition) is 0. The van der Waals surface area contributed by atoms with E-state index in [0.717, 1.165) is 28.0 Å². The van der Waals surface area contributed by atoms with E-state index in [4.69, 9.17) is 4.74 Å². The molecule has 0 atom stereocenters. The van der Waals surface area contributed by atoms with Crippen molar-refractivity contribution in [2.45, 2.75) is 6.42 Å². The summed E-state index contributed by atoms with van der Waals surface area (Å²) in [6, 6.07) is 17.6. The largest absolute Gasteiger partial charge is 0.497 e. The van der Waals surface area contributed by atoms with Gasteiger partial charge in [-0.25, -0.2) is 8.42 Å². The Balaban J connectivity index is 1.94. The summed E-state index contributed by atoms with van der Waals surface area (Å²) in [7, 11) is -1.54. The van der Waals surface area contributed by atoms with E-state index in [1.807, 2.05) is 60.7 Å². The maximum absolute atomic E-state index is 12.0. The number of ether oxygens (including phenoxy) is 1. The van der Waals surface area contributed by atoms with E-state index < -0.39 is 9.84 Å². The van der Waals surface area contributed by atoms with Crippen LogP contribution in [0, 0.1) is 0 Å². The Kier molecular flexibility index (Phi) is 4.35. The molecular formula is C19H18O3S. The van der Waals surface area contributed by atoms with Crippen molar-refractivity contribution >= 4 is 15.4 Å². The van der Waals surface area contributed by atoms with Gasteiger partial charge in [-0.1, -0.05) is 48.5 Å². The van der Waals surface area contributed by atoms with Crippen LogP contribution in [0.1, 0.15) is 11.1 Å². The van der Waals surface area contributed by atoms with Gasteiger partial charge in [0, 0.05) is 5.41 Å². The molecular weight excluding hydrogens is 308 g/mol. The Bertz CT molecular complexity index is 845. The van der Waals surface area contributed by atoms with Crippen LogP contribution in [0.25, 0.3) is 5.57 Å². The SMILES string of the molecule is COc1ccc(CC2=CS(=O)(=O)CC=C2c2ccccc2)cc1. The molecule has 1 heterocycles. The molecule has 2 aromatic carbocycles. The first-order chi connectivity index (χ1) is 11.1. The number of hydrogen-bond acceptors (Lipinski definition) is 3. The fourth-order valence-corrected chi connectivity index (χ4v) is 3.82. The monoisotopic (exact) mass is 326 g/mol. The predicted octanol–water partition coefficient (Wildman–Crippen LogP) is 3.63. The topological polar surface area (TPSA) is 43.4 Å². The molecule has 0 radical (unpaired) electrons. The molecule has 0 bridgehead atoms. The van der Waals surface area contributed by atoms with E-state index in [1.54, 1.807) is 7.11 Å². The highest BCUT2D eigenvalue weighted by molar-refractivity contribution is 7.94. The van der Waals surface area contributed by atoms with Gasteiger partial charge in [0.15, 0.2) is 9.84 Å². The molecule has 0 N–H and O–H groups in total. The summed E-state index contributed by atoms with van der Waals surface area (Å²) in [6.45, 7) is 0. The summed E-state index contributed by atoms with van der Waals surface area (Å²) in [6.07, 6.45) is 2.38. The van der Waals surface area contributed by atoms with Crippen LogP contribution in [-0.4, -0.2) is 21.3 Å². The Labute approximate surface area is 136 Å². The molecule has 0 aromatic heterocycles. The normalized spacial score (nSPS) is 16.4. The van der Waals surface area contributed by atoms with E-state index in [0.29, 0.717) is 6.42 Å². The molecule has 1 aliphatic rings. The number of benzene rings is 2. The second-order valence-corrected chi connectivity index (χ2v) is 7.38. The smallest absolute Gasteiger partial charge is 0.175 e. The van der Waals surface area contributed by atoms with E-state index in [2.05, 4.69) is 0 Å². The van der Waals surface area contributed by atoms with Crippen molar-refractivity contribution in [3.05, 3.63) is 82.8 Å². The average molecular weight is 326 g/mol. The van der Waals surface area contributed by atoms with Crippen LogP contribution in [0.5, 0.6) is 5.75 Å². The first kappa shape index (κ1) is 15.6. The minimum atomic E-state index is -3.17. The third-order valence-electron chi connectivity index (χ3n) is 3.83. The van der Waals surface area contributed by atoms with Crippen molar-refractivity contribution in [3.63, 3.8) is 0 Å². The zero-order valence-electron chi connectivity index (χ0n) is 12.9. The van der Waals surface area contributed by atoms with Crippen LogP contribution in [0.3, 0.4) is 0 Å². The van der Waals surface area contributed by atoms with Crippen LogP contribution >= 0.6 is 0 Å². The first-order valence-electron chi connectivity index (χ1n) is 7.39. The second-order valence-electron chi connectivity index (χ2n) is 5.48. The molecule has 0 amide bonds. The molecule has 4 heteroatoms. The van der Waals surface area contributed by atoms with Gasteiger partial charge >= 0.3 is 0 Å². The minimum absolute atomic E-state index is 0.0589. The van der Waals surface area contributed by atoms with Gasteiger partial charge in [0.05, 0.1) is 12.9 Å². The minimum Gasteiger partial charge on any atom is -0.497 e. The molecule has 0 spiro atoms. The summed E-state index contributed by atoms with van der Waals surface area (Å²) in [4.78, 5) is 0. The number of rotatable bonds is 4. The Morgan fingerprint density at radius 1 is 1.00 bits per heavy atom. The highest BCUT2D eigenvalue weighted by atomic mass is 32.2. The number of allylic oxidation sites excluding steroid dienone is 2. The van der Waals surface area contributed by atoms with Crippen molar-refractivity contribution < 1.29 is 13.2 Å². The van der Waals surface area contributed by atoms with Gasteiger partial charge in [-0.2, -0.15) is 0 Å². The molecule has 0 aliphatic carbocycles. The summed E-state index contributed by atoms with van der Waals surface area (Å²) in [5.41, 5.74) is 3.92. The van der Waals surface area contributed by atoms with E-state index >= 15 is 0 Å². The molecule has 0 fully saturated rings. The van der Waals surface area contributed by atoms with Crippen LogP contribution in [-0.2, 0) is 16.3 Å². The first-order valence-corrected chi connectivity index (χ1v) is 9.11. The van der Waals surface area contributed by atoms with Crippen LogP contribution in [0.2, 0.25) is 0 Å². The van der Waals surface area contributed by atoms with Gasteiger partial charge in [-0.15, -0.1) is 0 Å². The Hall–Kier alpha value is -2.33. The van der Waals surface area contributed by atoms with E-state index in [1.165, 1.54) is 5.41 Å². The van der Waals surface area contributed by atoms with Gasteiger partial charge in [-0.05, 0) is 40.8 Å². The molecule has 0 unspecified atom stereocenters. The van der Waals surface area contributed by atoms with Crippen molar-refractivity contribution in [2.75, 3.05) is 12.9 Å². The highest BCUT2D eigenvalue weighted by Gasteiger charge is 2.19. The van der Waals surface area contributed by atoms with E-state index in [9.17, 15) is 8.42 Å². The van der Waals surface area contributed by atoms with Gasteiger partial charge in [0.2, 0.25) is 0 Å². The molecule has 23 heavy (non-hydrogen) atoms. The summed E-state index contributed by atoms with van der Waals surface area (Å²) < 4.78 is 29.1. The second kappa shape index (κ2) is 6.42.